The van der Waals surface area contributed by atoms with E-state index in [0.29, 0.717) is 6.61 Å². The molecule has 0 saturated heterocycles. The van der Waals surface area contributed by atoms with Crippen molar-refractivity contribution in [3.63, 3.8) is 0 Å². The molecule has 0 aliphatic heterocycles. The summed E-state index contributed by atoms with van der Waals surface area (Å²) in [5, 5.41) is 9.72. The molecule has 0 bridgehead atoms. The van der Waals surface area contributed by atoms with Crippen molar-refractivity contribution in [3.05, 3.63) is 12.2 Å². The monoisotopic (exact) mass is 241 g/mol. The van der Waals surface area contributed by atoms with Crippen LogP contribution in [0.15, 0.2) is 12.2 Å². The third-order valence-corrected chi connectivity index (χ3v) is 2.99. The second kappa shape index (κ2) is 15.7. The number of allylic oxidation sites excluding steroid dienone is 2. The third-order valence-electron chi connectivity index (χ3n) is 2.99. The fourth-order valence-corrected chi connectivity index (χ4v) is 1.88. The van der Waals surface area contributed by atoms with E-state index in [0.717, 1.165) is 12.8 Å². The Kier molecular flexibility index (Phi) is 15.3. The van der Waals surface area contributed by atoms with E-state index in [1.54, 1.807) is 0 Å². The molecule has 0 fully saturated rings. The number of rotatable bonds is 13. The van der Waals surface area contributed by atoms with Gasteiger partial charge in [0.05, 0.1) is 0 Å². The summed E-state index contributed by atoms with van der Waals surface area (Å²) in [6.07, 6.45) is 18.4. The number of hydrogen-bond acceptors (Lipinski definition) is 2. The Morgan fingerprint density at radius 1 is 0.765 bits per heavy atom. The first-order chi connectivity index (χ1) is 8.41. The summed E-state index contributed by atoms with van der Waals surface area (Å²) in [6, 6.07) is 0. The Labute approximate surface area is 107 Å². The van der Waals surface area contributed by atoms with Gasteiger partial charge in [-0.1, -0.05) is 57.6 Å². The first-order valence-corrected chi connectivity index (χ1v) is 7.31. The Hall–Kier alpha value is -0.340. The molecule has 0 aromatic heterocycles. The van der Waals surface area contributed by atoms with Gasteiger partial charge in [0.1, 0.15) is 0 Å². The zero-order chi connectivity index (χ0) is 12.6. The zero-order valence-electron chi connectivity index (χ0n) is 11.5. The molecule has 0 atom stereocenters. The van der Waals surface area contributed by atoms with Crippen LogP contribution in [0.1, 0.15) is 77.6 Å². The molecule has 2 heteroatoms. The summed E-state index contributed by atoms with van der Waals surface area (Å²) in [6.45, 7) is 2.62. The Morgan fingerprint density at radius 2 is 1.29 bits per heavy atom. The predicted octanol–water partition coefficient (Wildman–Crippen LogP) is 4.15. The van der Waals surface area contributed by atoms with Gasteiger partial charge in [-0.2, -0.15) is 0 Å². The van der Waals surface area contributed by atoms with Gasteiger partial charge in [0.25, 0.3) is 0 Å². The van der Waals surface area contributed by atoms with E-state index in [4.69, 9.17) is 0 Å². The van der Waals surface area contributed by atoms with Crippen LogP contribution in [0.5, 0.6) is 0 Å². The molecule has 0 amide bonds. The van der Waals surface area contributed by atoms with Crippen molar-refractivity contribution in [2.75, 3.05) is 6.61 Å². The third kappa shape index (κ3) is 15.7. The molecule has 0 heterocycles. The predicted molar refractivity (Wildman–Crippen MR) is 71.6 cm³/mol. The molecule has 0 N–H and O–H groups in total. The topological polar surface area (TPSA) is 32.3 Å². The fraction of sp³-hybridized carbons (Fsp3) is 0.867. The summed E-state index contributed by atoms with van der Waals surface area (Å²) in [5.74, 6) is 0. The van der Waals surface area contributed by atoms with Crippen LogP contribution >= 0.6 is 0 Å². The molecule has 0 radical (unpaired) electrons. The van der Waals surface area contributed by atoms with Crippen LogP contribution in [0.25, 0.3) is 0 Å². The van der Waals surface area contributed by atoms with Crippen molar-refractivity contribution >= 4 is 0 Å². The maximum absolute atomic E-state index is 9.72. The van der Waals surface area contributed by atoms with Crippen molar-refractivity contribution in [2.24, 2.45) is 0 Å². The highest BCUT2D eigenvalue weighted by Crippen LogP contribution is 2.07. The van der Waals surface area contributed by atoms with E-state index in [1.807, 2.05) is 0 Å². The van der Waals surface area contributed by atoms with Crippen LogP contribution in [0.3, 0.4) is 0 Å². The fourth-order valence-electron chi connectivity index (χ4n) is 1.88. The number of hydrogen-bond donors (Lipinski definition) is 0. The molecule has 17 heavy (non-hydrogen) atoms. The summed E-state index contributed by atoms with van der Waals surface area (Å²) >= 11 is 0. The SMILES string of the molecule is CCCCCC/C=C/CCCCCCCO[O-]. The summed E-state index contributed by atoms with van der Waals surface area (Å²) in [4.78, 5) is 3.78. The van der Waals surface area contributed by atoms with Crippen LogP contribution in [0.4, 0.5) is 0 Å². The Bertz CT molecular complexity index is 155. The van der Waals surface area contributed by atoms with Gasteiger partial charge in [-0.15, -0.1) is 0 Å². The van der Waals surface area contributed by atoms with E-state index < -0.39 is 0 Å². The van der Waals surface area contributed by atoms with E-state index in [1.165, 1.54) is 57.8 Å². The van der Waals surface area contributed by atoms with Crippen LogP contribution in [0.2, 0.25) is 0 Å². The van der Waals surface area contributed by atoms with Crippen molar-refractivity contribution in [1.29, 1.82) is 0 Å². The van der Waals surface area contributed by atoms with Gasteiger partial charge in [0, 0.05) is 6.61 Å². The average Bonchev–Trinajstić information content (AvgIpc) is 2.35. The zero-order valence-corrected chi connectivity index (χ0v) is 11.5. The second-order valence-electron chi connectivity index (χ2n) is 4.70. The normalized spacial score (nSPS) is 11.4. The largest absolute Gasteiger partial charge is 0.723 e. The standard InChI is InChI=1S/C15H30O2/c1-2-3-4-5-6-7-8-9-10-11-12-13-14-15-17-16/h7-8,16H,2-6,9-15H2,1H3/p-1/b8-7+. The van der Waals surface area contributed by atoms with Gasteiger partial charge in [0.15, 0.2) is 0 Å². The molecule has 0 aromatic rings. The second-order valence-corrected chi connectivity index (χ2v) is 4.70. The minimum Gasteiger partial charge on any atom is -0.723 e. The Morgan fingerprint density at radius 3 is 1.88 bits per heavy atom. The van der Waals surface area contributed by atoms with Gasteiger partial charge < -0.3 is 10.1 Å². The van der Waals surface area contributed by atoms with Crippen LogP contribution in [0, 0.1) is 0 Å². The summed E-state index contributed by atoms with van der Waals surface area (Å²) in [7, 11) is 0. The van der Waals surface area contributed by atoms with Gasteiger partial charge in [-0.25, -0.2) is 0 Å². The van der Waals surface area contributed by atoms with Crippen molar-refractivity contribution in [3.8, 4) is 0 Å². The van der Waals surface area contributed by atoms with E-state index >= 15 is 0 Å². The lowest BCUT2D eigenvalue weighted by Gasteiger charge is -2.04. The van der Waals surface area contributed by atoms with Crippen LogP contribution in [-0.2, 0) is 4.89 Å². The lowest BCUT2D eigenvalue weighted by atomic mass is 10.1. The smallest absolute Gasteiger partial charge is 0.0341 e. The molecule has 102 valence electrons. The van der Waals surface area contributed by atoms with Crippen molar-refractivity contribution in [1.82, 2.24) is 0 Å². The summed E-state index contributed by atoms with van der Waals surface area (Å²) in [5.41, 5.74) is 0. The Balaban J connectivity index is 2.99. The highest BCUT2D eigenvalue weighted by atomic mass is 17.1. The maximum atomic E-state index is 9.72. The van der Waals surface area contributed by atoms with Gasteiger partial charge in [0.2, 0.25) is 0 Å². The van der Waals surface area contributed by atoms with E-state index in [2.05, 4.69) is 24.0 Å². The van der Waals surface area contributed by atoms with Gasteiger partial charge in [-0.05, 0) is 32.1 Å². The molecule has 0 aliphatic rings. The first-order valence-electron chi connectivity index (χ1n) is 7.31. The van der Waals surface area contributed by atoms with Crippen LogP contribution < -0.4 is 5.26 Å². The van der Waals surface area contributed by atoms with Crippen molar-refractivity contribution in [2.45, 2.75) is 77.6 Å². The molecule has 0 spiro atoms. The van der Waals surface area contributed by atoms with Crippen molar-refractivity contribution < 1.29 is 10.1 Å². The molecular formula is C15H29O2-. The minimum atomic E-state index is 0.373. The molecule has 0 aliphatic carbocycles. The molecule has 2 nitrogen and oxygen atoms in total. The maximum Gasteiger partial charge on any atom is 0.0341 e. The van der Waals surface area contributed by atoms with Crippen LogP contribution in [-0.4, -0.2) is 6.61 Å². The molecular weight excluding hydrogens is 212 g/mol. The van der Waals surface area contributed by atoms with E-state index in [9.17, 15) is 5.26 Å². The van der Waals surface area contributed by atoms with Gasteiger partial charge >= 0.3 is 0 Å². The van der Waals surface area contributed by atoms with E-state index in [-0.39, 0.29) is 0 Å². The highest BCUT2D eigenvalue weighted by Gasteiger charge is 1.89. The molecule has 0 rings (SSSR count). The highest BCUT2D eigenvalue weighted by molar-refractivity contribution is 4.81. The quantitative estimate of drug-likeness (QED) is 0.210. The minimum absolute atomic E-state index is 0.373. The number of unbranched alkanes of at least 4 members (excludes halogenated alkanes) is 9. The van der Waals surface area contributed by atoms with Gasteiger partial charge in [-0.3, -0.25) is 0 Å². The molecule has 0 unspecified atom stereocenters. The lowest BCUT2D eigenvalue weighted by Crippen LogP contribution is -2.05. The average molecular weight is 241 g/mol. The summed E-state index contributed by atoms with van der Waals surface area (Å²) < 4.78 is 0. The lowest BCUT2D eigenvalue weighted by molar-refractivity contribution is -0.689. The molecule has 0 saturated carbocycles. The molecule has 0 aromatic carbocycles. The first kappa shape index (κ1) is 16.7.